The largest absolute Gasteiger partial charge is 0.382 e. The average molecular weight is 251 g/mol. The van der Waals surface area contributed by atoms with E-state index < -0.39 is 0 Å². The van der Waals surface area contributed by atoms with Gasteiger partial charge >= 0.3 is 0 Å². The van der Waals surface area contributed by atoms with E-state index in [4.69, 9.17) is 4.74 Å². The fourth-order valence-corrected chi connectivity index (χ4v) is 2.93. The zero-order valence-electron chi connectivity index (χ0n) is 10.8. The minimum Gasteiger partial charge on any atom is -0.382 e. The Morgan fingerprint density at radius 3 is 2.59 bits per heavy atom. The molecule has 0 aromatic heterocycles. The fraction of sp³-hybridized carbons (Fsp3) is 0.571. The van der Waals surface area contributed by atoms with Crippen LogP contribution >= 0.6 is 11.8 Å². The van der Waals surface area contributed by atoms with Gasteiger partial charge in [-0.25, -0.2) is 0 Å². The summed E-state index contributed by atoms with van der Waals surface area (Å²) in [5.74, 6) is 0. The van der Waals surface area contributed by atoms with Crippen molar-refractivity contribution < 1.29 is 4.74 Å². The van der Waals surface area contributed by atoms with Gasteiger partial charge in [-0.15, -0.1) is 11.8 Å². The highest BCUT2D eigenvalue weighted by Crippen LogP contribution is 2.24. The lowest BCUT2D eigenvalue weighted by atomic mass is 9.99. The molecule has 1 heterocycles. The summed E-state index contributed by atoms with van der Waals surface area (Å²) in [6.45, 7) is 4.31. The topological polar surface area (TPSA) is 21.3 Å². The lowest BCUT2D eigenvalue weighted by Gasteiger charge is -2.33. The third-order valence-electron chi connectivity index (χ3n) is 3.14. The van der Waals surface area contributed by atoms with E-state index in [1.807, 2.05) is 0 Å². The number of hydrogen-bond acceptors (Lipinski definition) is 3. The number of thioether (sulfide) groups is 1. The SMILES string of the molecule is CSc1cccc(NC2CC(C)OC(C)C2)c1. The van der Waals surface area contributed by atoms with Gasteiger partial charge in [0.15, 0.2) is 0 Å². The van der Waals surface area contributed by atoms with Crippen LogP contribution in [0.4, 0.5) is 5.69 Å². The second kappa shape index (κ2) is 5.78. The number of nitrogens with one attached hydrogen (secondary N) is 1. The molecule has 1 saturated heterocycles. The van der Waals surface area contributed by atoms with Crippen LogP contribution < -0.4 is 5.32 Å². The van der Waals surface area contributed by atoms with E-state index in [1.165, 1.54) is 10.6 Å². The average Bonchev–Trinajstić information content (AvgIpc) is 2.28. The van der Waals surface area contributed by atoms with Gasteiger partial charge in [0.1, 0.15) is 0 Å². The van der Waals surface area contributed by atoms with Crippen LogP contribution in [-0.2, 0) is 4.74 Å². The first kappa shape index (κ1) is 12.8. The van der Waals surface area contributed by atoms with Crippen LogP contribution in [0.1, 0.15) is 26.7 Å². The smallest absolute Gasteiger partial charge is 0.0570 e. The van der Waals surface area contributed by atoms with E-state index in [1.54, 1.807) is 11.8 Å². The number of benzene rings is 1. The van der Waals surface area contributed by atoms with Gasteiger partial charge in [-0.2, -0.15) is 0 Å². The molecule has 1 fully saturated rings. The predicted molar refractivity (Wildman–Crippen MR) is 74.9 cm³/mol. The molecule has 1 aromatic carbocycles. The van der Waals surface area contributed by atoms with Crippen LogP contribution in [0.2, 0.25) is 0 Å². The van der Waals surface area contributed by atoms with Crippen LogP contribution in [0.3, 0.4) is 0 Å². The third-order valence-corrected chi connectivity index (χ3v) is 3.86. The Balaban J connectivity index is 1.99. The van der Waals surface area contributed by atoms with Crippen molar-refractivity contribution in [2.24, 2.45) is 0 Å². The molecular formula is C14H21NOS. The maximum atomic E-state index is 5.75. The van der Waals surface area contributed by atoms with Crippen molar-refractivity contribution in [2.45, 2.75) is 49.8 Å². The van der Waals surface area contributed by atoms with Crippen LogP contribution in [0.5, 0.6) is 0 Å². The molecule has 2 atom stereocenters. The van der Waals surface area contributed by atoms with Crippen molar-refractivity contribution in [3.05, 3.63) is 24.3 Å². The molecule has 2 nitrogen and oxygen atoms in total. The molecule has 94 valence electrons. The zero-order chi connectivity index (χ0) is 12.3. The molecule has 0 amide bonds. The Morgan fingerprint density at radius 1 is 1.24 bits per heavy atom. The summed E-state index contributed by atoms with van der Waals surface area (Å²) in [7, 11) is 0. The van der Waals surface area contributed by atoms with Gasteiger partial charge in [-0.1, -0.05) is 6.07 Å². The standard InChI is InChI=1S/C14H21NOS/c1-10-7-13(8-11(2)16-10)15-12-5-4-6-14(9-12)17-3/h4-6,9-11,13,15H,7-8H2,1-3H3. The minimum atomic E-state index is 0.361. The monoisotopic (exact) mass is 251 g/mol. The minimum absolute atomic E-state index is 0.361. The van der Waals surface area contributed by atoms with Gasteiger partial charge in [0.25, 0.3) is 0 Å². The van der Waals surface area contributed by atoms with Crippen molar-refractivity contribution in [3.8, 4) is 0 Å². The second-order valence-corrected chi connectivity index (χ2v) is 5.68. The Morgan fingerprint density at radius 2 is 1.94 bits per heavy atom. The van der Waals surface area contributed by atoms with Gasteiger partial charge in [-0.05, 0) is 51.1 Å². The van der Waals surface area contributed by atoms with E-state index in [-0.39, 0.29) is 0 Å². The van der Waals surface area contributed by atoms with E-state index >= 15 is 0 Å². The van der Waals surface area contributed by atoms with E-state index in [9.17, 15) is 0 Å². The van der Waals surface area contributed by atoms with Crippen molar-refractivity contribution in [3.63, 3.8) is 0 Å². The highest BCUT2D eigenvalue weighted by Gasteiger charge is 2.24. The number of rotatable bonds is 3. The summed E-state index contributed by atoms with van der Waals surface area (Å²) in [5.41, 5.74) is 1.23. The van der Waals surface area contributed by atoms with Crippen molar-refractivity contribution in [1.29, 1.82) is 0 Å². The highest BCUT2D eigenvalue weighted by atomic mass is 32.2. The van der Waals surface area contributed by atoms with Gasteiger partial charge in [0.05, 0.1) is 12.2 Å². The normalized spacial score (nSPS) is 29.0. The predicted octanol–water partition coefficient (Wildman–Crippen LogP) is 3.78. The summed E-state index contributed by atoms with van der Waals surface area (Å²) < 4.78 is 5.75. The van der Waals surface area contributed by atoms with E-state index in [0.29, 0.717) is 18.2 Å². The molecule has 0 saturated carbocycles. The first-order valence-corrected chi connectivity index (χ1v) is 7.46. The first-order valence-electron chi connectivity index (χ1n) is 6.23. The van der Waals surface area contributed by atoms with Crippen LogP contribution in [0.15, 0.2) is 29.2 Å². The quantitative estimate of drug-likeness (QED) is 0.826. The maximum Gasteiger partial charge on any atom is 0.0570 e. The Hall–Kier alpha value is -0.670. The Bertz CT molecular complexity index is 359. The molecule has 0 bridgehead atoms. The molecule has 3 heteroatoms. The lowest BCUT2D eigenvalue weighted by molar-refractivity contribution is -0.0337. The molecule has 1 aromatic rings. The number of ether oxygens (including phenoxy) is 1. The molecule has 0 radical (unpaired) electrons. The van der Waals surface area contributed by atoms with Crippen molar-refractivity contribution >= 4 is 17.4 Å². The van der Waals surface area contributed by atoms with Crippen LogP contribution in [0.25, 0.3) is 0 Å². The molecule has 0 spiro atoms. The molecule has 1 N–H and O–H groups in total. The summed E-state index contributed by atoms with van der Waals surface area (Å²) in [6, 6.07) is 9.15. The highest BCUT2D eigenvalue weighted by molar-refractivity contribution is 7.98. The number of hydrogen-bond donors (Lipinski definition) is 1. The molecule has 2 rings (SSSR count). The first-order chi connectivity index (χ1) is 8.17. The Kier molecular flexibility index (Phi) is 4.35. The number of anilines is 1. The summed E-state index contributed by atoms with van der Waals surface area (Å²) in [6.07, 6.45) is 5.01. The summed E-state index contributed by atoms with van der Waals surface area (Å²) in [4.78, 5) is 1.31. The molecular weight excluding hydrogens is 230 g/mol. The molecule has 1 aliphatic rings. The van der Waals surface area contributed by atoms with Crippen LogP contribution in [-0.4, -0.2) is 24.5 Å². The van der Waals surface area contributed by atoms with Crippen molar-refractivity contribution in [1.82, 2.24) is 0 Å². The molecule has 0 aliphatic carbocycles. The van der Waals surface area contributed by atoms with E-state index in [0.717, 1.165) is 12.8 Å². The zero-order valence-corrected chi connectivity index (χ0v) is 11.6. The van der Waals surface area contributed by atoms with Gasteiger partial charge < -0.3 is 10.1 Å². The fourth-order valence-electron chi connectivity index (χ4n) is 2.47. The van der Waals surface area contributed by atoms with Crippen molar-refractivity contribution in [2.75, 3.05) is 11.6 Å². The summed E-state index contributed by atoms with van der Waals surface area (Å²) in [5, 5.41) is 3.62. The summed E-state index contributed by atoms with van der Waals surface area (Å²) >= 11 is 1.78. The second-order valence-electron chi connectivity index (χ2n) is 4.80. The van der Waals surface area contributed by atoms with Gasteiger partial charge in [0.2, 0.25) is 0 Å². The van der Waals surface area contributed by atoms with Gasteiger partial charge in [-0.3, -0.25) is 0 Å². The van der Waals surface area contributed by atoms with Gasteiger partial charge in [0, 0.05) is 16.6 Å². The Labute approximate surface area is 108 Å². The molecule has 1 aliphatic heterocycles. The molecule has 2 unspecified atom stereocenters. The van der Waals surface area contributed by atoms with E-state index in [2.05, 4.69) is 49.7 Å². The third kappa shape index (κ3) is 3.65. The lowest BCUT2D eigenvalue weighted by Crippen LogP contribution is -2.36. The van der Waals surface area contributed by atoms with Crippen LogP contribution in [0, 0.1) is 0 Å². The molecule has 17 heavy (non-hydrogen) atoms. The maximum absolute atomic E-state index is 5.75.